The number of carbonyl (C=O) groups excluding carboxylic acids is 1. The maximum atomic E-state index is 13.2. The van der Waals surface area contributed by atoms with E-state index in [1.54, 1.807) is 19.4 Å². The van der Waals surface area contributed by atoms with E-state index in [1.165, 1.54) is 6.20 Å². The lowest BCUT2D eigenvalue weighted by atomic mass is 10.0. The lowest BCUT2D eigenvalue weighted by molar-refractivity contribution is 0.0940. The highest BCUT2D eigenvalue weighted by Gasteiger charge is 2.25. The first kappa shape index (κ1) is 19.6. The molecule has 1 amide bonds. The Morgan fingerprint density at radius 2 is 2.03 bits per heavy atom. The molecule has 0 radical (unpaired) electrons. The van der Waals surface area contributed by atoms with Crippen molar-refractivity contribution >= 4 is 17.0 Å². The van der Waals surface area contributed by atoms with Crippen LogP contribution >= 0.6 is 0 Å². The minimum atomic E-state index is -0.503. The summed E-state index contributed by atoms with van der Waals surface area (Å²) >= 11 is 0. The van der Waals surface area contributed by atoms with E-state index in [9.17, 15) is 4.79 Å². The monoisotopic (exact) mass is 405 g/mol. The van der Waals surface area contributed by atoms with Gasteiger partial charge < -0.3 is 19.1 Å². The van der Waals surface area contributed by atoms with Gasteiger partial charge in [0.25, 0.3) is 11.6 Å². The predicted molar refractivity (Wildman–Crippen MR) is 111 cm³/mol. The molecule has 0 aliphatic rings. The summed E-state index contributed by atoms with van der Waals surface area (Å²) in [4.78, 5) is 21.9. The first-order valence-electron chi connectivity index (χ1n) is 9.66. The van der Waals surface area contributed by atoms with Gasteiger partial charge in [0.2, 0.25) is 0 Å². The molecule has 0 saturated heterocycles. The number of hydrogen-bond donors (Lipinski definition) is 1. The normalized spacial score (nSPS) is 12.3. The van der Waals surface area contributed by atoms with Gasteiger partial charge in [-0.05, 0) is 18.1 Å². The average Bonchev–Trinajstić information content (AvgIpc) is 3.37. The third kappa shape index (κ3) is 3.52. The Labute approximate surface area is 173 Å². The van der Waals surface area contributed by atoms with Gasteiger partial charge in [-0.3, -0.25) is 4.79 Å². The van der Waals surface area contributed by atoms with Crippen LogP contribution in [-0.2, 0) is 7.05 Å². The van der Waals surface area contributed by atoms with Gasteiger partial charge in [-0.1, -0.05) is 37.2 Å². The number of fused-ring (bicyclic) bond motifs is 1. The predicted octanol–water partition coefficient (Wildman–Crippen LogP) is 3.61. The number of aromatic nitrogens is 4. The van der Waals surface area contributed by atoms with Crippen LogP contribution in [0.15, 0.2) is 53.4 Å². The highest BCUT2D eigenvalue weighted by Crippen LogP contribution is 2.30. The van der Waals surface area contributed by atoms with Gasteiger partial charge in [0, 0.05) is 31.2 Å². The molecule has 154 valence electrons. The largest absolute Gasteiger partial charge is 0.496 e. The summed E-state index contributed by atoms with van der Waals surface area (Å²) in [7, 11) is 3.49. The van der Waals surface area contributed by atoms with Crippen LogP contribution in [0.3, 0.4) is 0 Å². The molecule has 0 aliphatic heterocycles. The Morgan fingerprint density at radius 1 is 1.23 bits per heavy atom. The van der Waals surface area contributed by atoms with Crippen molar-refractivity contribution in [2.45, 2.75) is 25.8 Å². The van der Waals surface area contributed by atoms with E-state index >= 15 is 0 Å². The first-order valence-corrected chi connectivity index (χ1v) is 9.66. The van der Waals surface area contributed by atoms with Crippen LogP contribution in [0.25, 0.3) is 11.1 Å². The number of rotatable bonds is 6. The van der Waals surface area contributed by atoms with Crippen molar-refractivity contribution < 1.29 is 14.1 Å². The molecule has 30 heavy (non-hydrogen) atoms. The van der Waals surface area contributed by atoms with E-state index in [4.69, 9.17) is 9.26 Å². The van der Waals surface area contributed by atoms with Crippen molar-refractivity contribution in [3.63, 3.8) is 0 Å². The Balaban J connectivity index is 1.73. The minimum Gasteiger partial charge on any atom is -0.496 e. The molecule has 1 unspecified atom stereocenters. The summed E-state index contributed by atoms with van der Waals surface area (Å²) in [6.45, 7) is 4.03. The van der Waals surface area contributed by atoms with Crippen LogP contribution in [0.4, 0.5) is 0 Å². The number of nitrogens with zero attached hydrogens (tertiary/aromatic N) is 4. The summed E-state index contributed by atoms with van der Waals surface area (Å²) < 4.78 is 12.7. The molecule has 8 nitrogen and oxygen atoms in total. The summed E-state index contributed by atoms with van der Waals surface area (Å²) in [5, 5.41) is 7.90. The summed E-state index contributed by atoms with van der Waals surface area (Å²) in [5.41, 5.74) is 2.42. The van der Waals surface area contributed by atoms with Crippen LogP contribution in [0.1, 0.15) is 53.2 Å². The van der Waals surface area contributed by atoms with Crippen LogP contribution < -0.4 is 10.1 Å². The fourth-order valence-corrected chi connectivity index (χ4v) is 3.45. The SMILES string of the molecule is COc1ccccc1C(NC(=O)c1cnc2onc(C(C)C)c2c1)c1nccn1C. The van der Waals surface area contributed by atoms with E-state index < -0.39 is 6.04 Å². The highest BCUT2D eigenvalue weighted by atomic mass is 16.5. The Hall–Kier alpha value is -3.68. The number of imidazole rings is 1. The van der Waals surface area contributed by atoms with Gasteiger partial charge in [0.05, 0.1) is 23.8 Å². The van der Waals surface area contributed by atoms with Gasteiger partial charge in [0.15, 0.2) is 0 Å². The molecule has 4 aromatic rings. The number of nitrogens with one attached hydrogen (secondary N) is 1. The Morgan fingerprint density at radius 3 is 2.73 bits per heavy atom. The second kappa shape index (κ2) is 7.98. The number of amides is 1. The molecule has 0 spiro atoms. The Kier molecular flexibility index (Phi) is 5.22. The molecule has 8 heteroatoms. The highest BCUT2D eigenvalue weighted by molar-refractivity contribution is 5.97. The minimum absolute atomic E-state index is 0.153. The molecule has 0 fully saturated rings. The Bertz CT molecular complexity index is 1190. The smallest absolute Gasteiger partial charge is 0.257 e. The molecule has 0 bridgehead atoms. The van der Waals surface area contributed by atoms with Gasteiger partial charge in [-0.15, -0.1) is 0 Å². The standard InChI is InChI=1S/C22H23N5O3/c1-13(2)18-16-11-14(12-24-22(16)30-26-18)21(28)25-19(20-23-9-10-27(20)3)15-7-5-6-8-17(15)29-4/h5-13,19H,1-4H3,(H,25,28). The number of methoxy groups -OCH3 is 1. The number of hydrogen-bond acceptors (Lipinski definition) is 6. The molecular formula is C22H23N5O3. The van der Waals surface area contributed by atoms with Crippen molar-refractivity contribution in [1.82, 2.24) is 25.0 Å². The average molecular weight is 405 g/mol. The van der Waals surface area contributed by atoms with E-state index in [0.29, 0.717) is 22.9 Å². The molecular weight excluding hydrogens is 382 g/mol. The number of aryl methyl sites for hydroxylation is 1. The van der Waals surface area contributed by atoms with E-state index in [2.05, 4.69) is 20.4 Å². The first-order chi connectivity index (χ1) is 14.5. The fraction of sp³-hybridized carbons (Fsp3) is 0.273. The quantitative estimate of drug-likeness (QED) is 0.527. The zero-order chi connectivity index (χ0) is 21.3. The molecule has 3 heterocycles. The van der Waals surface area contributed by atoms with Crippen molar-refractivity contribution in [2.24, 2.45) is 7.05 Å². The van der Waals surface area contributed by atoms with Gasteiger partial charge >= 0.3 is 0 Å². The maximum Gasteiger partial charge on any atom is 0.257 e. The summed E-state index contributed by atoms with van der Waals surface area (Å²) in [5.74, 6) is 1.23. The van der Waals surface area contributed by atoms with E-state index in [1.807, 2.05) is 55.9 Å². The summed E-state index contributed by atoms with van der Waals surface area (Å²) in [6, 6.07) is 8.82. The lowest BCUT2D eigenvalue weighted by Crippen LogP contribution is -2.31. The van der Waals surface area contributed by atoms with Crippen LogP contribution in [0, 0.1) is 0 Å². The second-order valence-corrected chi connectivity index (χ2v) is 7.34. The second-order valence-electron chi connectivity index (χ2n) is 7.34. The number of para-hydroxylation sites is 1. The number of benzene rings is 1. The molecule has 4 rings (SSSR count). The molecule has 0 aliphatic carbocycles. The third-order valence-electron chi connectivity index (χ3n) is 5.01. The van der Waals surface area contributed by atoms with Crippen molar-refractivity contribution in [1.29, 1.82) is 0 Å². The lowest BCUT2D eigenvalue weighted by Gasteiger charge is -2.21. The zero-order valence-corrected chi connectivity index (χ0v) is 17.3. The van der Waals surface area contributed by atoms with Crippen LogP contribution in [0.5, 0.6) is 5.75 Å². The van der Waals surface area contributed by atoms with Crippen molar-refractivity contribution in [3.05, 3.63) is 71.6 Å². The molecule has 3 aromatic heterocycles. The third-order valence-corrected chi connectivity index (χ3v) is 5.01. The van der Waals surface area contributed by atoms with Gasteiger partial charge in [-0.25, -0.2) is 9.97 Å². The van der Waals surface area contributed by atoms with Crippen LogP contribution in [-0.4, -0.2) is 32.7 Å². The van der Waals surface area contributed by atoms with Gasteiger partial charge in [-0.2, -0.15) is 0 Å². The topological polar surface area (TPSA) is 95.1 Å². The molecule has 1 aromatic carbocycles. The van der Waals surface area contributed by atoms with Crippen LogP contribution in [0.2, 0.25) is 0 Å². The summed E-state index contributed by atoms with van der Waals surface area (Å²) in [6.07, 6.45) is 5.03. The van der Waals surface area contributed by atoms with Crippen molar-refractivity contribution in [3.8, 4) is 5.75 Å². The number of carbonyl (C=O) groups is 1. The van der Waals surface area contributed by atoms with E-state index in [0.717, 1.165) is 16.6 Å². The molecule has 1 N–H and O–H groups in total. The maximum absolute atomic E-state index is 13.2. The molecule has 0 saturated carbocycles. The van der Waals surface area contributed by atoms with E-state index in [-0.39, 0.29) is 11.8 Å². The van der Waals surface area contributed by atoms with Crippen molar-refractivity contribution in [2.75, 3.05) is 7.11 Å². The number of ether oxygens (including phenoxy) is 1. The zero-order valence-electron chi connectivity index (χ0n) is 17.3. The van der Waals surface area contributed by atoms with Gasteiger partial charge in [0.1, 0.15) is 17.6 Å². The molecule has 1 atom stereocenters. The number of pyridine rings is 1. The fourth-order valence-electron chi connectivity index (χ4n) is 3.45.